The molecule has 0 aromatic carbocycles. The van der Waals surface area contributed by atoms with Crippen molar-refractivity contribution in [2.75, 3.05) is 0 Å². The topological polar surface area (TPSA) is 101 Å². The molecule has 0 unspecified atom stereocenters. The van der Waals surface area contributed by atoms with Gasteiger partial charge in [-0.25, -0.2) is 0 Å². The minimum atomic E-state index is -4.67. The Morgan fingerprint density at radius 2 is 1.65 bits per heavy atom. The van der Waals surface area contributed by atoms with Gasteiger partial charge in [0, 0.05) is 6.42 Å². The summed E-state index contributed by atoms with van der Waals surface area (Å²) < 4.78 is 32.8. The number of hydrogen-bond acceptors (Lipinski definition) is 5. The smallest absolute Gasteiger partial charge is 1.00 e. The van der Waals surface area contributed by atoms with E-state index in [9.17, 15) is 18.3 Å². The maximum Gasteiger partial charge on any atom is 1.00 e. The molecule has 0 aliphatic rings. The first-order valence-electron chi connectivity index (χ1n) is 9.38. The fraction of sp³-hybridized carbons (Fsp3) is 0.833. The molecule has 0 radical (unpaired) electrons. The molecule has 8 heteroatoms. The van der Waals surface area contributed by atoms with Crippen LogP contribution in [0.2, 0.25) is 0 Å². The molecule has 0 saturated heterocycles. The van der Waals surface area contributed by atoms with Gasteiger partial charge in [0.15, 0.2) is 0 Å². The summed E-state index contributed by atoms with van der Waals surface area (Å²) in [6.45, 7) is 2.18. The summed E-state index contributed by atoms with van der Waals surface area (Å²) in [5.41, 5.74) is 0. The first kappa shape index (κ1) is 28.3. The number of aliphatic hydroxyl groups excluding tert-OH is 1. The average Bonchev–Trinajstić information content (AvgIpc) is 2.51. The van der Waals surface area contributed by atoms with Crippen LogP contribution < -0.4 is 29.6 Å². The maximum atomic E-state index is 11.0. The van der Waals surface area contributed by atoms with Crippen molar-refractivity contribution in [3.63, 3.8) is 0 Å². The third kappa shape index (κ3) is 22.1. The Bertz CT molecular complexity index is 470. The fourth-order valence-corrected chi connectivity index (χ4v) is 2.83. The summed E-state index contributed by atoms with van der Waals surface area (Å²) in [6, 6.07) is 0. The Morgan fingerprint density at radius 3 is 2.31 bits per heavy atom. The number of unbranched alkanes of at least 4 members (excludes halogenated alkanes) is 8. The Hall–Kier alpha value is 0.0800. The van der Waals surface area contributed by atoms with E-state index in [4.69, 9.17) is 4.55 Å². The van der Waals surface area contributed by atoms with Gasteiger partial charge in [0.05, 0.1) is 6.10 Å². The Morgan fingerprint density at radius 1 is 1.04 bits per heavy atom. The van der Waals surface area contributed by atoms with Crippen molar-refractivity contribution >= 4 is 16.4 Å². The number of carbonyl (C=O) groups is 1. The van der Waals surface area contributed by atoms with E-state index in [1.54, 1.807) is 0 Å². The van der Waals surface area contributed by atoms with E-state index in [1.165, 1.54) is 19.3 Å². The van der Waals surface area contributed by atoms with E-state index in [-0.39, 0.29) is 43.5 Å². The zero-order valence-electron chi connectivity index (χ0n) is 17.4. The van der Waals surface area contributed by atoms with E-state index in [2.05, 4.69) is 23.3 Å². The minimum absolute atomic E-state index is 0. The molecule has 0 aliphatic carbocycles. The molecule has 0 aromatic rings. The summed E-state index contributed by atoms with van der Waals surface area (Å²) in [5.74, 6) is -0.918. The molecule has 26 heavy (non-hydrogen) atoms. The monoisotopic (exact) mass is 402 g/mol. The number of rotatable bonds is 16. The standard InChI is InChI=1S/C18H34O6S.Na.H/c1-2-3-4-11-14-17(19)15-12-9-7-5-6-8-10-13-16-18(20)24-25(21,22)23;;/h9,12,17,19H,2-8,10-11,13-16H2,1H3,(H,21,22,23);;/q;+1;-1/b12-9-;;/t17-;;/m1../s1. The molecular formula is C18H35NaO6S. The number of hydrogen-bond donors (Lipinski definition) is 2. The van der Waals surface area contributed by atoms with Gasteiger partial charge in [-0.2, -0.15) is 8.42 Å². The third-order valence-corrected chi connectivity index (χ3v) is 4.31. The SMILES string of the molecule is CCCCCC[C@@H](O)C/C=C\CCCCCCCC(=O)OS(=O)(=O)O.[H-].[Na+]. The van der Waals surface area contributed by atoms with Gasteiger partial charge in [-0.05, 0) is 32.1 Å². The van der Waals surface area contributed by atoms with Crippen LogP contribution in [0.4, 0.5) is 0 Å². The minimum Gasteiger partial charge on any atom is -1.00 e. The zero-order valence-corrected chi connectivity index (χ0v) is 19.2. The van der Waals surface area contributed by atoms with E-state index in [0.717, 1.165) is 51.4 Å². The molecule has 0 spiro atoms. The molecule has 0 amide bonds. The molecule has 0 fully saturated rings. The molecule has 6 nitrogen and oxygen atoms in total. The van der Waals surface area contributed by atoms with Crippen LogP contribution in [0.3, 0.4) is 0 Å². The second-order valence-corrected chi connectivity index (χ2v) is 7.42. The van der Waals surface area contributed by atoms with E-state index in [1.807, 2.05) is 0 Å². The predicted octanol–water partition coefficient (Wildman–Crippen LogP) is 1.46. The van der Waals surface area contributed by atoms with Crippen molar-refractivity contribution in [2.24, 2.45) is 0 Å². The van der Waals surface area contributed by atoms with Crippen molar-refractivity contribution in [3.05, 3.63) is 12.2 Å². The van der Waals surface area contributed by atoms with Crippen LogP contribution in [0, 0.1) is 0 Å². The molecule has 0 rings (SSSR count). The molecule has 0 bridgehead atoms. The van der Waals surface area contributed by atoms with Gasteiger partial charge in [0.25, 0.3) is 0 Å². The Kier molecular flexibility index (Phi) is 20.1. The zero-order chi connectivity index (χ0) is 19.0. The number of allylic oxidation sites excluding steroid dienone is 1. The number of carbonyl (C=O) groups excluding carboxylic acids is 1. The van der Waals surface area contributed by atoms with Crippen LogP contribution in [0.25, 0.3) is 0 Å². The van der Waals surface area contributed by atoms with E-state index < -0.39 is 16.4 Å². The van der Waals surface area contributed by atoms with E-state index >= 15 is 0 Å². The average molecular weight is 403 g/mol. The molecule has 0 saturated carbocycles. The molecule has 2 N–H and O–H groups in total. The number of aliphatic hydroxyl groups is 1. The van der Waals surface area contributed by atoms with Gasteiger partial charge < -0.3 is 10.7 Å². The molecular weight excluding hydrogens is 367 g/mol. The van der Waals surface area contributed by atoms with Gasteiger partial charge in [-0.15, -0.1) is 0 Å². The molecule has 1 atom stereocenters. The van der Waals surface area contributed by atoms with Crippen LogP contribution in [0.15, 0.2) is 12.2 Å². The van der Waals surface area contributed by atoms with Gasteiger partial charge in [0.1, 0.15) is 0 Å². The third-order valence-electron chi connectivity index (χ3n) is 3.92. The van der Waals surface area contributed by atoms with Crippen molar-refractivity contribution in [2.45, 2.75) is 96.5 Å². The van der Waals surface area contributed by atoms with Gasteiger partial charge in [-0.1, -0.05) is 64.0 Å². The van der Waals surface area contributed by atoms with Crippen LogP contribution >= 0.6 is 0 Å². The Labute approximate surface area is 182 Å². The maximum absolute atomic E-state index is 11.0. The van der Waals surface area contributed by atoms with Crippen molar-refractivity contribution in [3.8, 4) is 0 Å². The second kappa shape index (κ2) is 18.4. The predicted molar refractivity (Wildman–Crippen MR) is 99.6 cm³/mol. The summed E-state index contributed by atoms with van der Waals surface area (Å²) in [6.07, 6.45) is 15.7. The van der Waals surface area contributed by atoms with Crippen molar-refractivity contribution < 1.29 is 58.0 Å². The summed E-state index contributed by atoms with van der Waals surface area (Å²) >= 11 is 0. The molecule has 0 aliphatic heterocycles. The van der Waals surface area contributed by atoms with Crippen molar-refractivity contribution in [1.29, 1.82) is 0 Å². The van der Waals surface area contributed by atoms with Crippen LogP contribution in [0.5, 0.6) is 0 Å². The van der Waals surface area contributed by atoms with Gasteiger partial charge >= 0.3 is 45.9 Å². The second-order valence-electron chi connectivity index (χ2n) is 6.40. The van der Waals surface area contributed by atoms with Gasteiger partial charge in [0.2, 0.25) is 0 Å². The van der Waals surface area contributed by atoms with Crippen LogP contribution in [-0.4, -0.2) is 30.2 Å². The molecule has 0 aromatic heterocycles. The normalized spacial score (nSPS) is 12.7. The van der Waals surface area contributed by atoms with E-state index in [0.29, 0.717) is 6.42 Å². The largest absolute Gasteiger partial charge is 1.00 e. The molecule has 0 heterocycles. The fourth-order valence-electron chi connectivity index (χ4n) is 2.52. The first-order valence-corrected chi connectivity index (χ1v) is 10.7. The molecule has 150 valence electrons. The van der Waals surface area contributed by atoms with Gasteiger partial charge in [-0.3, -0.25) is 9.35 Å². The summed E-state index contributed by atoms with van der Waals surface area (Å²) in [7, 11) is -4.67. The van der Waals surface area contributed by atoms with Crippen LogP contribution in [-0.2, 0) is 19.4 Å². The van der Waals surface area contributed by atoms with Crippen LogP contribution in [0.1, 0.15) is 91.8 Å². The quantitative estimate of drug-likeness (QED) is 0.175. The summed E-state index contributed by atoms with van der Waals surface area (Å²) in [5, 5.41) is 9.82. The summed E-state index contributed by atoms with van der Waals surface area (Å²) in [4.78, 5) is 11.0. The van der Waals surface area contributed by atoms with Crippen molar-refractivity contribution in [1.82, 2.24) is 0 Å². The first-order chi connectivity index (χ1) is 11.8. The Balaban J connectivity index is -0.00000288.